The Morgan fingerprint density at radius 1 is 1.50 bits per heavy atom. The van der Waals surface area contributed by atoms with Crippen molar-refractivity contribution in [2.45, 2.75) is 0 Å². The third kappa shape index (κ3) is 4.54. The molecule has 0 aromatic rings. The molecule has 0 aliphatic heterocycles. The Morgan fingerprint density at radius 2 is 2.17 bits per heavy atom. The predicted octanol–water partition coefficient (Wildman–Crippen LogP) is -1.75. The summed E-state index contributed by atoms with van der Waals surface area (Å²) in [5, 5.41) is 2.13. The number of hydrogen-bond acceptors (Lipinski definition) is 7. The molecule has 8 heteroatoms. The lowest BCUT2D eigenvalue weighted by Gasteiger charge is -2.37. The number of nitrogens with two attached hydrogens (primary N) is 2. The van der Waals surface area contributed by atoms with Gasteiger partial charge in [0.25, 0.3) is 0 Å². The molecule has 0 bridgehead atoms. The topological polar surface area (TPSA) is 103 Å². The van der Waals surface area contributed by atoms with E-state index in [0.29, 0.717) is 0 Å². The molecule has 0 atom stereocenters. The summed E-state index contributed by atoms with van der Waals surface area (Å²) in [6, 6.07) is 0. The monoisotopic (exact) mass is 179 g/mol. The van der Waals surface area contributed by atoms with Gasteiger partial charge in [-0.15, -0.1) is 12.3 Å². The zero-order valence-electron chi connectivity index (χ0n) is 7.23. The first kappa shape index (κ1) is 11.7. The predicted molar refractivity (Wildman–Crippen MR) is 42.3 cm³/mol. The van der Waals surface area contributed by atoms with Crippen LogP contribution in [0, 0.1) is 0 Å². The van der Waals surface area contributed by atoms with E-state index >= 15 is 0 Å². The highest BCUT2D eigenvalue weighted by Crippen LogP contribution is 1.95. The van der Waals surface area contributed by atoms with E-state index < -0.39 is 0 Å². The van der Waals surface area contributed by atoms with Gasteiger partial charge in [0.1, 0.15) is 0 Å². The molecule has 0 amide bonds. The molecule has 74 valence electrons. The van der Waals surface area contributed by atoms with Gasteiger partial charge in [0.2, 0.25) is 0 Å². The zero-order valence-corrected chi connectivity index (χ0v) is 7.23. The summed E-state index contributed by atoms with van der Waals surface area (Å²) in [5.41, 5.74) is 6.27. The molecule has 0 aliphatic carbocycles. The Bertz CT molecular complexity index is 104. The van der Waals surface area contributed by atoms with Crippen LogP contribution in [-0.2, 0) is 9.68 Å². The number of hydrogen-bond donors (Lipinski definition) is 3. The largest absolute Gasteiger partial charge is 0.554 e. The van der Waals surface area contributed by atoms with Crippen molar-refractivity contribution in [2.75, 3.05) is 27.3 Å². The van der Waals surface area contributed by atoms with Crippen molar-refractivity contribution in [3.63, 3.8) is 0 Å². The SMILES string of the molecule is C[N-]N(OCCON)N(N)NC. The molecule has 8 nitrogen and oxygen atoms in total. The summed E-state index contributed by atoms with van der Waals surface area (Å²) in [5.74, 6) is 10.1. The zero-order chi connectivity index (χ0) is 9.40. The highest BCUT2D eigenvalue weighted by molar-refractivity contribution is 4.52. The summed E-state index contributed by atoms with van der Waals surface area (Å²) in [6.07, 6.45) is 0. The van der Waals surface area contributed by atoms with Gasteiger partial charge in [-0.05, 0) is 0 Å². The van der Waals surface area contributed by atoms with Crippen LogP contribution < -0.4 is 17.2 Å². The summed E-state index contributed by atoms with van der Waals surface area (Å²) >= 11 is 0. The molecule has 0 saturated heterocycles. The molecule has 0 aliphatic rings. The molecule has 0 radical (unpaired) electrons. The average Bonchev–Trinajstić information content (AvgIpc) is 2.11. The Balaban J connectivity index is 3.52. The fraction of sp³-hybridized carbons (Fsp3) is 1.00. The van der Waals surface area contributed by atoms with E-state index in [4.69, 9.17) is 16.6 Å². The van der Waals surface area contributed by atoms with E-state index in [1.165, 1.54) is 7.05 Å². The standard InChI is InChI=1S/C4H15N6O2/c1-7-9(5)10(8-2)12-4-3-11-6/h7H,3-6H2,1-2H3/q-1. The molecule has 0 fully saturated rings. The van der Waals surface area contributed by atoms with Gasteiger partial charge in [-0.25, -0.2) is 17.2 Å². The fourth-order valence-corrected chi connectivity index (χ4v) is 0.469. The van der Waals surface area contributed by atoms with Crippen molar-refractivity contribution in [1.82, 2.24) is 15.9 Å². The van der Waals surface area contributed by atoms with Gasteiger partial charge in [0, 0.05) is 7.05 Å². The Kier molecular flexibility index (Phi) is 7.14. The minimum absolute atomic E-state index is 0.267. The lowest BCUT2D eigenvalue weighted by molar-refractivity contribution is -0.282. The van der Waals surface area contributed by atoms with Crippen LogP contribution >= 0.6 is 0 Å². The maximum Gasteiger partial charge on any atom is 0.0937 e. The molecule has 0 spiro atoms. The minimum atomic E-state index is 0.267. The van der Waals surface area contributed by atoms with Gasteiger partial charge in [-0.1, -0.05) is 0 Å². The van der Waals surface area contributed by atoms with Crippen molar-refractivity contribution in [3.8, 4) is 0 Å². The highest BCUT2D eigenvalue weighted by Gasteiger charge is 1.98. The molecule has 0 aromatic carbocycles. The lowest BCUT2D eigenvalue weighted by atomic mass is 10.8. The Hall–Kier alpha value is -0.320. The van der Waals surface area contributed by atoms with Crippen LogP contribution in [0.1, 0.15) is 0 Å². The highest BCUT2D eigenvalue weighted by atomic mass is 16.8. The molecule has 0 aromatic heterocycles. The second-order valence-corrected chi connectivity index (χ2v) is 1.72. The number of rotatable bonds is 7. The van der Waals surface area contributed by atoms with Crippen molar-refractivity contribution >= 4 is 0 Å². The number of hydrazine groups is 3. The van der Waals surface area contributed by atoms with Gasteiger partial charge in [-0.2, -0.15) is 5.28 Å². The molecule has 5 N–H and O–H groups in total. The normalized spacial score (nSPS) is 11.5. The van der Waals surface area contributed by atoms with E-state index in [9.17, 15) is 0 Å². The van der Waals surface area contributed by atoms with E-state index in [0.717, 1.165) is 10.5 Å². The maximum atomic E-state index is 5.37. The van der Waals surface area contributed by atoms with Crippen LogP contribution in [0.25, 0.3) is 5.43 Å². The summed E-state index contributed by atoms with van der Waals surface area (Å²) < 4.78 is 0. The van der Waals surface area contributed by atoms with E-state index in [2.05, 4.69) is 15.7 Å². The summed E-state index contributed by atoms with van der Waals surface area (Å²) in [6.45, 7) is 0.535. The van der Waals surface area contributed by atoms with E-state index in [1.54, 1.807) is 7.05 Å². The van der Waals surface area contributed by atoms with Crippen molar-refractivity contribution < 1.29 is 9.68 Å². The molecule has 0 rings (SSSR count). The Labute approximate surface area is 71.1 Å². The van der Waals surface area contributed by atoms with Crippen molar-refractivity contribution in [3.05, 3.63) is 5.43 Å². The minimum Gasteiger partial charge on any atom is -0.554 e. The molecule has 0 unspecified atom stereocenters. The van der Waals surface area contributed by atoms with E-state index in [-0.39, 0.29) is 13.2 Å². The second kappa shape index (κ2) is 7.34. The van der Waals surface area contributed by atoms with Gasteiger partial charge < -0.3 is 10.3 Å². The maximum absolute atomic E-state index is 5.37. The molecular weight excluding hydrogens is 164 g/mol. The van der Waals surface area contributed by atoms with E-state index in [1.807, 2.05) is 0 Å². The smallest absolute Gasteiger partial charge is 0.0937 e. The third-order valence-corrected chi connectivity index (χ3v) is 0.992. The van der Waals surface area contributed by atoms with Crippen molar-refractivity contribution in [1.29, 1.82) is 0 Å². The van der Waals surface area contributed by atoms with Crippen LogP contribution in [-0.4, -0.2) is 37.8 Å². The second-order valence-electron chi connectivity index (χ2n) is 1.72. The molecule has 0 saturated carbocycles. The summed E-state index contributed by atoms with van der Waals surface area (Å²) in [4.78, 5) is 9.26. The van der Waals surface area contributed by atoms with Crippen molar-refractivity contribution in [2.24, 2.45) is 11.7 Å². The first-order valence-electron chi connectivity index (χ1n) is 3.32. The van der Waals surface area contributed by atoms with Gasteiger partial charge in [0.15, 0.2) is 0 Å². The molecule has 12 heavy (non-hydrogen) atoms. The van der Waals surface area contributed by atoms with Crippen LogP contribution in [0.5, 0.6) is 0 Å². The van der Waals surface area contributed by atoms with Gasteiger partial charge >= 0.3 is 0 Å². The first-order valence-corrected chi connectivity index (χ1v) is 3.32. The number of nitrogens with one attached hydrogen (secondary N) is 1. The van der Waals surface area contributed by atoms with Gasteiger partial charge in [-0.3, -0.25) is 4.84 Å². The van der Waals surface area contributed by atoms with Crippen LogP contribution in [0.15, 0.2) is 0 Å². The lowest BCUT2D eigenvalue weighted by Crippen LogP contribution is -2.52. The van der Waals surface area contributed by atoms with Gasteiger partial charge in [0.05, 0.1) is 13.2 Å². The Morgan fingerprint density at radius 3 is 2.58 bits per heavy atom. The van der Waals surface area contributed by atoms with Crippen LogP contribution in [0.4, 0.5) is 0 Å². The van der Waals surface area contributed by atoms with Crippen LogP contribution in [0.2, 0.25) is 0 Å². The average molecular weight is 179 g/mol. The third-order valence-electron chi connectivity index (χ3n) is 0.992. The molecule has 0 heterocycles. The van der Waals surface area contributed by atoms with Crippen LogP contribution in [0.3, 0.4) is 0 Å². The summed E-state index contributed by atoms with van der Waals surface area (Å²) in [7, 11) is 3.15. The molecular formula is C4H15N6O2-. The quantitative estimate of drug-likeness (QED) is 0.242. The number of nitrogens with zero attached hydrogens (tertiary/aromatic N) is 3. The fourth-order valence-electron chi connectivity index (χ4n) is 0.469. The first-order chi connectivity index (χ1) is 5.76.